The Bertz CT molecular complexity index is 2070. The molecule has 0 saturated carbocycles. The van der Waals surface area contributed by atoms with Crippen LogP contribution in [0.25, 0.3) is 42.2 Å². The van der Waals surface area contributed by atoms with Crippen molar-refractivity contribution >= 4 is 48.1 Å². The number of aryl methyl sites for hydroxylation is 1. The number of ketones is 1. The van der Waals surface area contributed by atoms with Crippen molar-refractivity contribution in [3.8, 4) is 11.3 Å². The summed E-state index contributed by atoms with van der Waals surface area (Å²) in [6, 6.07) is 17.4. The summed E-state index contributed by atoms with van der Waals surface area (Å²) >= 11 is 1.42. The Morgan fingerprint density at radius 2 is 1.47 bits per heavy atom. The standard InChI is InChI=1S/C32H31F3NS.C13H24O2.Ir/c1-18-20(16-30(2,3)4)12-13-23-26-25(32(33,34)35)17-36-27(29(26)37-28(18)23)21-14-19-10-8-9-11-22(19)24(15-21)31(5,6)7;1-5-10(6-2)12(14)9-13(15)11(7-3)8-4;/h8-13,15,17H,16H2,1-7H3;9-11,14H,5-8H2,1-4H3;/q-1;;/b;12-9-;. The van der Waals surface area contributed by atoms with Crippen LogP contribution in [-0.2, 0) is 42.9 Å². The van der Waals surface area contributed by atoms with Gasteiger partial charge in [0.2, 0.25) is 0 Å². The molecule has 5 aromatic rings. The number of aliphatic hydroxyl groups is 1. The molecule has 0 saturated heterocycles. The summed E-state index contributed by atoms with van der Waals surface area (Å²) in [6.07, 6.45) is 2.26. The van der Waals surface area contributed by atoms with Crippen molar-refractivity contribution in [2.75, 3.05) is 0 Å². The predicted molar refractivity (Wildman–Crippen MR) is 214 cm³/mol. The number of carbonyl (C=O) groups excluding carboxylic acids is 1. The summed E-state index contributed by atoms with van der Waals surface area (Å²) in [4.78, 5) is 16.2. The summed E-state index contributed by atoms with van der Waals surface area (Å²) in [5.41, 5.74) is 3.84. The van der Waals surface area contributed by atoms with Gasteiger partial charge in [0, 0.05) is 70.1 Å². The average molecular weight is 923 g/mol. The zero-order chi connectivity index (χ0) is 38.8. The molecule has 3 nitrogen and oxygen atoms in total. The van der Waals surface area contributed by atoms with Crippen LogP contribution in [0, 0.1) is 30.2 Å². The summed E-state index contributed by atoms with van der Waals surface area (Å²) in [5.74, 6) is 0.547. The van der Waals surface area contributed by atoms with Crippen LogP contribution in [0.4, 0.5) is 13.2 Å². The van der Waals surface area contributed by atoms with Gasteiger partial charge in [0.1, 0.15) is 0 Å². The van der Waals surface area contributed by atoms with Crippen LogP contribution in [0.3, 0.4) is 0 Å². The quantitative estimate of drug-likeness (QED) is 0.0910. The molecule has 53 heavy (non-hydrogen) atoms. The van der Waals surface area contributed by atoms with Gasteiger partial charge < -0.3 is 5.11 Å². The molecule has 0 bridgehead atoms. The average Bonchev–Trinajstić information content (AvgIpc) is 3.45. The van der Waals surface area contributed by atoms with Crippen molar-refractivity contribution < 1.29 is 43.2 Å². The Morgan fingerprint density at radius 3 is 2.02 bits per heavy atom. The number of fused-ring (bicyclic) bond motifs is 4. The van der Waals surface area contributed by atoms with Gasteiger partial charge in [-0.2, -0.15) is 13.2 Å². The number of allylic oxidation sites excluding steroid dienone is 2. The normalized spacial score (nSPS) is 12.8. The van der Waals surface area contributed by atoms with Crippen molar-refractivity contribution in [3.05, 3.63) is 88.8 Å². The van der Waals surface area contributed by atoms with E-state index in [0.29, 0.717) is 15.8 Å². The summed E-state index contributed by atoms with van der Waals surface area (Å²) in [7, 11) is 0. The molecular weight excluding hydrogens is 868 g/mol. The molecule has 3 aromatic carbocycles. The van der Waals surface area contributed by atoms with Gasteiger partial charge in [0.05, 0.1) is 11.3 Å². The number of rotatable bonds is 9. The van der Waals surface area contributed by atoms with Gasteiger partial charge in [-0.15, -0.1) is 40.5 Å². The molecule has 1 N–H and O–H groups in total. The number of aromatic nitrogens is 1. The molecule has 0 aliphatic rings. The second kappa shape index (κ2) is 17.6. The largest absolute Gasteiger partial charge is 0.512 e. The molecule has 0 aliphatic heterocycles. The summed E-state index contributed by atoms with van der Waals surface area (Å²) < 4.78 is 44.2. The van der Waals surface area contributed by atoms with E-state index >= 15 is 0 Å². The molecule has 1 radical (unpaired) electrons. The number of hydrogen-bond acceptors (Lipinski definition) is 4. The fourth-order valence-corrected chi connectivity index (χ4v) is 8.30. The minimum atomic E-state index is -4.50. The molecule has 0 unspecified atom stereocenters. The van der Waals surface area contributed by atoms with Crippen LogP contribution in [0.1, 0.15) is 117 Å². The first-order valence-corrected chi connectivity index (χ1v) is 19.4. The molecule has 8 heteroatoms. The van der Waals surface area contributed by atoms with E-state index in [1.807, 2.05) is 65.0 Å². The van der Waals surface area contributed by atoms with Crippen LogP contribution < -0.4 is 0 Å². The fraction of sp³-hybridized carbons (Fsp3) is 0.467. The smallest absolute Gasteiger partial charge is 0.418 e. The maximum Gasteiger partial charge on any atom is 0.418 e. The van der Waals surface area contributed by atoms with Crippen LogP contribution in [0.2, 0.25) is 0 Å². The Balaban J connectivity index is 0.000000403. The van der Waals surface area contributed by atoms with Crippen LogP contribution in [-0.4, -0.2) is 15.9 Å². The molecule has 0 amide bonds. The Hall–Kier alpha value is -3.06. The van der Waals surface area contributed by atoms with E-state index in [2.05, 4.69) is 64.7 Å². The van der Waals surface area contributed by atoms with Crippen molar-refractivity contribution in [2.45, 2.75) is 120 Å². The number of benzene rings is 3. The molecule has 0 fully saturated rings. The number of halogens is 3. The SMILES string of the molecule is CCC(CC)C(=O)/C=C(\O)C(CC)CC.Cc1c(CC(C)(C)C)ccc2c1sc1c(-c3[c-]c4ccccc4c(C(C)(C)C)c3)ncc(C(F)(F)F)c12.[Ir]. The molecule has 0 aliphatic carbocycles. The van der Waals surface area contributed by atoms with Crippen molar-refractivity contribution in [2.24, 2.45) is 17.3 Å². The number of pyridine rings is 1. The van der Waals surface area contributed by atoms with Crippen molar-refractivity contribution in [1.29, 1.82) is 0 Å². The number of alkyl halides is 3. The van der Waals surface area contributed by atoms with E-state index in [-0.39, 0.29) is 59.7 Å². The van der Waals surface area contributed by atoms with Gasteiger partial charge in [-0.25, -0.2) is 0 Å². The minimum absolute atomic E-state index is 0. The fourth-order valence-electron chi connectivity index (χ4n) is 6.95. The number of thiophene rings is 1. The van der Waals surface area contributed by atoms with E-state index in [0.717, 1.165) is 70.5 Å². The first-order chi connectivity index (χ1) is 24.2. The van der Waals surface area contributed by atoms with Gasteiger partial charge in [0.15, 0.2) is 5.78 Å². The van der Waals surface area contributed by atoms with Gasteiger partial charge >= 0.3 is 6.18 Å². The molecule has 5 rings (SSSR count). The van der Waals surface area contributed by atoms with E-state index in [9.17, 15) is 23.1 Å². The predicted octanol–water partition coefficient (Wildman–Crippen LogP) is 14.2. The number of nitrogens with zero attached hydrogens (tertiary/aromatic N) is 1. The zero-order valence-corrected chi connectivity index (χ0v) is 36.3. The maximum atomic E-state index is 14.2. The van der Waals surface area contributed by atoms with Crippen LogP contribution >= 0.6 is 11.3 Å². The molecule has 0 atom stereocenters. The summed E-state index contributed by atoms with van der Waals surface area (Å²) in [5, 5.41) is 12.7. The van der Waals surface area contributed by atoms with Gasteiger partial charge in [0.25, 0.3) is 0 Å². The third-order valence-corrected chi connectivity index (χ3v) is 11.3. The van der Waals surface area contributed by atoms with Crippen LogP contribution in [0.5, 0.6) is 0 Å². The number of aliphatic hydroxyl groups excluding tert-OH is 1. The van der Waals surface area contributed by atoms with Crippen LogP contribution in [0.15, 0.2) is 60.5 Å². The third-order valence-electron chi connectivity index (χ3n) is 9.97. The zero-order valence-electron chi connectivity index (χ0n) is 33.1. The van der Waals surface area contributed by atoms with E-state index in [4.69, 9.17) is 0 Å². The van der Waals surface area contributed by atoms with Crippen molar-refractivity contribution in [3.63, 3.8) is 0 Å². The number of carbonyl (C=O) groups is 1. The first-order valence-electron chi connectivity index (χ1n) is 18.6. The first kappa shape index (κ1) is 44.3. The Kier molecular flexibility index (Phi) is 14.7. The van der Waals surface area contributed by atoms with Gasteiger partial charge in [-0.1, -0.05) is 111 Å². The van der Waals surface area contributed by atoms with E-state index in [1.165, 1.54) is 23.0 Å². The summed E-state index contributed by atoms with van der Waals surface area (Å²) in [6.45, 7) is 23.1. The van der Waals surface area contributed by atoms with Gasteiger partial charge in [-0.05, 0) is 61.0 Å². The topological polar surface area (TPSA) is 50.2 Å². The molecule has 2 aromatic heterocycles. The van der Waals surface area contributed by atoms with E-state index in [1.54, 1.807) is 0 Å². The molecule has 289 valence electrons. The maximum absolute atomic E-state index is 14.2. The molecular formula is C45H55F3IrNO2S-. The third kappa shape index (κ3) is 10.2. The number of hydrogen-bond donors (Lipinski definition) is 1. The molecule has 0 spiro atoms. The van der Waals surface area contributed by atoms with Crippen molar-refractivity contribution in [1.82, 2.24) is 4.98 Å². The van der Waals surface area contributed by atoms with E-state index < -0.39 is 11.7 Å². The monoisotopic (exact) mass is 923 g/mol. The second-order valence-electron chi connectivity index (χ2n) is 16.2. The Morgan fingerprint density at radius 1 is 0.868 bits per heavy atom. The second-order valence-corrected chi connectivity index (χ2v) is 17.2. The minimum Gasteiger partial charge on any atom is -0.512 e. The molecule has 2 heterocycles. The van der Waals surface area contributed by atoms with Gasteiger partial charge in [-0.3, -0.25) is 9.78 Å². The Labute approximate surface area is 331 Å².